The van der Waals surface area contributed by atoms with Crippen molar-refractivity contribution >= 4 is 11.6 Å². The molecule has 0 saturated heterocycles. The molecule has 1 aromatic carbocycles. The van der Waals surface area contributed by atoms with Crippen LogP contribution < -0.4 is 5.32 Å². The quantitative estimate of drug-likeness (QED) is 0.795. The average molecular weight is 295 g/mol. The summed E-state index contributed by atoms with van der Waals surface area (Å²) in [5.74, 6) is 1.22. The largest absolute Gasteiger partial charge is 0.334 e. The van der Waals surface area contributed by atoms with Crippen LogP contribution in [0.5, 0.6) is 0 Å². The Morgan fingerprint density at radius 1 is 1.30 bits per heavy atom. The molecule has 2 rings (SSSR count). The topological polar surface area (TPSA) is 54.2 Å². The van der Waals surface area contributed by atoms with Gasteiger partial charge in [-0.2, -0.15) is 4.98 Å². The maximum absolute atomic E-state index is 5.86. The predicted molar refractivity (Wildman–Crippen MR) is 79.6 cm³/mol. The Hall–Kier alpha value is -1.43. The summed E-state index contributed by atoms with van der Waals surface area (Å²) in [4.78, 5) is 6.57. The molecule has 0 aliphatic carbocycles. The third-order valence-corrected chi connectivity index (χ3v) is 3.19. The average Bonchev–Trinajstić information content (AvgIpc) is 2.88. The summed E-state index contributed by atoms with van der Waals surface area (Å²) in [6.07, 6.45) is 1.09. The van der Waals surface area contributed by atoms with Gasteiger partial charge in [0.25, 0.3) is 5.89 Å². The first kappa shape index (κ1) is 15.0. The minimum Gasteiger partial charge on any atom is -0.334 e. The Morgan fingerprint density at radius 2 is 2.05 bits per heavy atom. The molecule has 1 N–H and O–H groups in total. The van der Waals surface area contributed by atoms with Crippen molar-refractivity contribution in [3.8, 4) is 11.5 Å². The number of hydrogen-bond acceptors (Lipinski definition) is 5. The predicted octanol–water partition coefficient (Wildman–Crippen LogP) is 2.43. The summed E-state index contributed by atoms with van der Waals surface area (Å²) in [5, 5.41) is 7.83. The molecule has 0 amide bonds. The van der Waals surface area contributed by atoms with Gasteiger partial charge in [0.2, 0.25) is 0 Å². The molecule has 108 valence electrons. The number of nitrogens with zero attached hydrogens (tertiary/aromatic N) is 3. The van der Waals surface area contributed by atoms with Gasteiger partial charge in [0.15, 0.2) is 5.82 Å². The lowest BCUT2D eigenvalue weighted by molar-refractivity contribution is 0.305. The number of hydrogen-bond donors (Lipinski definition) is 1. The van der Waals surface area contributed by atoms with Crippen molar-refractivity contribution in [1.29, 1.82) is 0 Å². The number of nitrogens with one attached hydrogen (secondary N) is 1. The first-order chi connectivity index (χ1) is 9.69. The van der Waals surface area contributed by atoms with Gasteiger partial charge in [-0.1, -0.05) is 16.8 Å². The molecule has 0 radical (unpaired) electrons. The molecular formula is C14H19ClN4O. The van der Waals surface area contributed by atoms with Crippen LogP contribution in [0.2, 0.25) is 5.02 Å². The summed E-state index contributed by atoms with van der Waals surface area (Å²) < 4.78 is 5.27. The number of halogens is 1. The number of aromatic nitrogens is 2. The second-order valence-corrected chi connectivity index (χ2v) is 5.15. The summed E-state index contributed by atoms with van der Waals surface area (Å²) in [6.45, 7) is 2.68. The van der Waals surface area contributed by atoms with Gasteiger partial charge in [-0.15, -0.1) is 0 Å². The maximum atomic E-state index is 5.86. The van der Waals surface area contributed by atoms with E-state index >= 15 is 0 Å². The smallest absolute Gasteiger partial charge is 0.257 e. The first-order valence-corrected chi connectivity index (χ1v) is 6.98. The lowest BCUT2D eigenvalue weighted by Crippen LogP contribution is -2.22. The highest BCUT2D eigenvalue weighted by molar-refractivity contribution is 6.30. The van der Waals surface area contributed by atoms with Gasteiger partial charge < -0.3 is 9.84 Å². The van der Waals surface area contributed by atoms with Crippen molar-refractivity contribution < 1.29 is 4.52 Å². The maximum Gasteiger partial charge on any atom is 0.257 e. The van der Waals surface area contributed by atoms with Crippen LogP contribution in [0.1, 0.15) is 12.2 Å². The molecule has 20 heavy (non-hydrogen) atoms. The SMILES string of the molecule is CNCCCN(C)Cc1noc(-c2ccc(Cl)cc2)n1. The van der Waals surface area contributed by atoms with Crippen LogP contribution in [0.3, 0.4) is 0 Å². The summed E-state index contributed by atoms with van der Waals surface area (Å²) in [6, 6.07) is 7.36. The zero-order chi connectivity index (χ0) is 14.4. The third-order valence-electron chi connectivity index (χ3n) is 2.94. The van der Waals surface area contributed by atoms with Gasteiger partial charge in [0, 0.05) is 10.6 Å². The summed E-state index contributed by atoms with van der Waals surface area (Å²) in [5.41, 5.74) is 0.881. The Balaban J connectivity index is 1.93. The monoisotopic (exact) mass is 294 g/mol. The van der Waals surface area contributed by atoms with E-state index in [1.165, 1.54) is 0 Å². The van der Waals surface area contributed by atoms with Crippen molar-refractivity contribution in [3.63, 3.8) is 0 Å². The van der Waals surface area contributed by atoms with E-state index in [4.69, 9.17) is 16.1 Å². The highest BCUT2D eigenvalue weighted by Crippen LogP contribution is 2.19. The van der Waals surface area contributed by atoms with Crippen molar-refractivity contribution in [2.24, 2.45) is 0 Å². The van der Waals surface area contributed by atoms with Crippen LogP contribution in [0.25, 0.3) is 11.5 Å². The molecule has 0 spiro atoms. The van der Waals surface area contributed by atoms with Gasteiger partial charge in [0.1, 0.15) is 0 Å². The van der Waals surface area contributed by atoms with E-state index in [-0.39, 0.29) is 0 Å². The van der Waals surface area contributed by atoms with Crippen LogP contribution in [0.4, 0.5) is 0 Å². The van der Waals surface area contributed by atoms with Crippen LogP contribution in [0.15, 0.2) is 28.8 Å². The van der Waals surface area contributed by atoms with E-state index < -0.39 is 0 Å². The van der Waals surface area contributed by atoms with E-state index in [1.54, 1.807) is 0 Å². The van der Waals surface area contributed by atoms with Crippen LogP contribution in [-0.4, -0.2) is 42.2 Å². The second-order valence-electron chi connectivity index (χ2n) is 4.72. The molecule has 0 aliphatic heterocycles. The highest BCUT2D eigenvalue weighted by atomic mass is 35.5. The summed E-state index contributed by atoms with van der Waals surface area (Å²) >= 11 is 5.86. The van der Waals surface area contributed by atoms with Gasteiger partial charge in [-0.25, -0.2) is 0 Å². The van der Waals surface area contributed by atoms with E-state index in [2.05, 4.69) is 20.4 Å². The number of benzene rings is 1. The Kier molecular flexibility index (Phi) is 5.52. The second kappa shape index (κ2) is 7.38. The molecule has 5 nitrogen and oxygen atoms in total. The minimum absolute atomic E-state index is 0.528. The highest BCUT2D eigenvalue weighted by Gasteiger charge is 2.10. The third kappa shape index (κ3) is 4.30. The normalized spacial score (nSPS) is 11.2. The Bertz CT molecular complexity index is 526. The lowest BCUT2D eigenvalue weighted by Gasteiger charge is -2.13. The Labute approximate surface area is 123 Å². The van der Waals surface area contributed by atoms with Gasteiger partial charge >= 0.3 is 0 Å². The van der Waals surface area contributed by atoms with Crippen LogP contribution >= 0.6 is 11.6 Å². The van der Waals surface area contributed by atoms with Crippen molar-refractivity contribution in [3.05, 3.63) is 35.1 Å². The number of rotatable bonds is 7. The molecule has 6 heteroatoms. The van der Waals surface area contributed by atoms with Crippen LogP contribution in [0, 0.1) is 0 Å². The van der Waals surface area contributed by atoms with E-state index in [0.29, 0.717) is 23.3 Å². The Morgan fingerprint density at radius 3 is 2.75 bits per heavy atom. The molecule has 0 unspecified atom stereocenters. The van der Waals surface area contributed by atoms with E-state index in [0.717, 1.165) is 25.1 Å². The molecule has 1 aromatic heterocycles. The van der Waals surface area contributed by atoms with Crippen LogP contribution in [-0.2, 0) is 6.54 Å². The van der Waals surface area contributed by atoms with Gasteiger partial charge in [-0.3, -0.25) is 4.90 Å². The zero-order valence-electron chi connectivity index (χ0n) is 11.8. The molecule has 0 fully saturated rings. The van der Waals surface area contributed by atoms with E-state index in [9.17, 15) is 0 Å². The fourth-order valence-electron chi connectivity index (χ4n) is 1.87. The molecule has 0 atom stereocenters. The molecule has 0 saturated carbocycles. The summed E-state index contributed by atoms with van der Waals surface area (Å²) in [7, 11) is 4.01. The first-order valence-electron chi connectivity index (χ1n) is 6.60. The van der Waals surface area contributed by atoms with E-state index in [1.807, 2.05) is 38.4 Å². The molecule has 1 heterocycles. The minimum atomic E-state index is 0.528. The zero-order valence-corrected chi connectivity index (χ0v) is 12.5. The van der Waals surface area contributed by atoms with Gasteiger partial charge in [-0.05, 0) is 57.9 Å². The molecular weight excluding hydrogens is 276 g/mol. The molecule has 0 bridgehead atoms. The fraction of sp³-hybridized carbons (Fsp3) is 0.429. The molecule has 2 aromatic rings. The van der Waals surface area contributed by atoms with Crippen molar-refractivity contribution in [2.75, 3.05) is 27.2 Å². The van der Waals surface area contributed by atoms with Crippen molar-refractivity contribution in [2.45, 2.75) is 13.0 Å². The fourth-order valence-corrected chi connectivity index (χ4v) is 2.00. The lowest BCUT2D eigenvalue weighted by atomic mass is 10.2. The molecule has 0 aliphatic rings. The van der Waals surface area contributed by atoms with Gasteiger partial charge in [0.05, 0.1) is 6.54 Å². The van der Waals surface area contributed by atoms with Crippen molar-refractivity contribution in [1.82, 2.24) is 20.4 Å². The standard InChI is InChI=1S/C14H19ClN4O/c1-16-8-3-9-19(2)10-13-17-14(20-18-13)11-4-6-12(15)7-5-11/h4-7,16H,3,8-10H2,1-2H3.